The van der Waals surface area contributed by atoms with Gasteiger partial charge in [-0.15, -0.1) is 0 Å². The van der Waals surface area contributed by atoms with E-state index in [2.05, 4.69) is 39.2 Å². The summed E-state index contributed by atoms with van der Waals surface area (Å²) in [5.41, 5.74) is 1.06. The van der Waals surface area contributed by atoms with E-state index in [1.54, 1.807) is 29.4 Å². The largest absolute Gasteiger partial charge is 0.349 e. The van der Waals surface area contributed by atoms with Gasteiger partial charge in [-0.25, -0.2) is 19.2 Å². The van der Waals surface area contributed by atoms with E-state index in [4.69, 9.17) is 0 Å². The predicted molar refractivity (Wildman–Crippen MR) is 151 cm³/mol. The Bertz CT molecular complexity index is 1230. The number of urea groups is 1. The van der Waals surface area contributed by atoms with E-state index in [0.29, 0.717) is 30.6 Å². The fraction of sp³-hybridized carbons (Fsp3) is 0.613. The minimum Gasteiger partial charge on any atom is -0.349 e. The molecule has 4 aliphatic rings. The number of hydrogen-bond donors (Lipinski definition) is 1. The summed E-state index contributed by atoms with van der Waals surface area (Å²) < 4.78 is 14.3. The van der Waals surface area contributed by atoms with Gasteiger partial charge in [0.15, 0.2) is 0 Å². The smallest absolute Gasteiger partial charge is 0.325 e. The van der Waals surface area contributed by atoms with Gasteiger partial charge in [0.25, 0.3) is 5.91 Å². The molecular weight excluding hydrogens is 507 g/mol. The third kappa shape index (κ3) is 4.86. The average Bonchev–Trinajstić information content (AvgIpc) is 3.16. The molecule has 1 N–H and O–H groups in total. The molecule has 1 aromatic carbocycles. The van der Waals surface area contributed by atoms with Crippen LogP contribution in [0.3, 0.4) is 0 Å². The number of halogens is 1. The standard InChI is InChI=1S/C31H41FN6O2/c1-36(2)31(24-10-5-11-25(32)16-24)14-12-30(13-15-31)21-37(29(40)38(30)20-23-8-4-9-23)26-18-33-27(34-19-26)28(39)35-17-22-6-3-7-22/h5,10-11,16,18-19,22-23H,3-4,6-9,12-15,17,20-21H2,1-2H3,(H,35,39)/t30-,31+. The average molecular weight is 549 g/mol. The van der Waals surface area contributed by atoms with Crippen LogP contribution in [0.2, 0.25) is 0 Å². The zero-order chi connectivity index (χ0) is 27.9. The van der Waals surface area contributed by atoms with E-state index >= 15 is 0 Å². The van der Waals surface area contributed by atoms with Crippen LogP contribution < -0.4 is 10.2 Å². The molecule has 3 saturated carbocycles. The minimum atomic E-state index is -0.293. The number of nitrogens with zero attached hydrogens (tertiary/aromatic N) is 5. The van der Waals surface area contributed by atoms with Gasteiger partial charge in [0.2, 0.25) is 5.82 Å². The summed E-state index contributed by atoms with van der Waals surface area (Å²) in [5.74, 6) is 0.764. The molecule has 0 bridgehead atoms. The number of anilines is 1. The molecule has 214 valence electrons. The van der Waals surface area contributed by atoms with Crippen LogP contribution in [-0.4, -0.2) is 71.0 Å². The van der Waals surface area contributed by atoms with Crippen LogP contribution in [0.5, 0.6) is 0 Å². The van der Waals surface area contributed by atoms with Crippen LogP contribution in [0.1, 0.15) is 80.4 Å². The summed E-state index contributed by atoms with van der Waals surface area (Å²) in [7, 11) is 4.14. The lowest BCUT2D eigenvalue weighted by Gasteiger charge is -2.51. The molecule has 1 spiro atoms. The van der Waals surface area contributed by atoms with Crippen molar-refractivity contribution < 1.29 is 14.0 Å². The van der Waals surface area contributed by atoms with E-state index < -0.39 is 0 Å². The normalized spacial score (nSPS) is 27.2. The summed E-state index contributed by atoms with van der Waals surface area (Å²) in [4.78, 5) is 41.3. The molecular formula is C31H41FN6O2. The second-order valence-electron chi connectivity index (χ2n) is 12.7. The van der Waals surface area contributed by atoms with Crippen LogP contribution in [0.25, 0.3) is 0 Å². The number of carbonyl (C=O) groups is 2. The second kappa shape index (κ2) is 10.7. The highest BCUT2D eigenvalue weighted by molar-refractivity contribution is 5.95. The molecule has 1 aliphatic heterocycles. The van der Waals surface area contributed by atoms with Crippen molar-refractivity contribution in [1.29, 1.82) is 0 Å². The molecule has 9 heteroatoms. The molecule has 4 fully saturated rings. The molecule has 0 atom stereocenters. The van der Waals surface area contributed by atoms with E-state index in [0.717, 1.165) is 50.6 Å². The number of carbonyl (C=O) groups excluding carboxylic acids is 2. The molecule has 1 aromatic heterocycles. The van der Waals surface area contributed by atoms with Crippen molar-refractivity contribution in [3.05, 3.63) is 53.9 Å². The lowest BCUT2D eigenvalue weighted by atomic mass is 9.68. The van der Waals surface area contributed by atoms with Crippen molar-refractivity contribution in [2.24, 2.45) is 11.8 Å². The summed E-state index contributed by atoms with van der Waals surface area (Å²) >= 11 is 0. The minimum absolute atomic E-state index is 0.000735. The quantitative estimate of drug-likeness (QED) is 0.505. The predicted octanol–water partition coefficient (Wildman–Crippen LogP) is 4.96. The Hall–Kier alpha value is -3.07. The number of rotatable bonds is 8. The molecule has 2 aromatic rings. The molecule has 40 heavy (non-hydrogen) atoms. The Kier molecular flexibility index (Phi) is 7.27. The van der Waals surface area contributed by atoms with Crippen LogP contribution in [0, 0.1) is 17.7 Å². The van der Waals surface area contributed by atoms with Gasteiger partial charge in [-0.2, -0.15) is 0 Å². The van der Waals surface area contributed by atoms with E-state index in [1.807, 2.05) is 6.07 Å². The first-order chi connectivity index (χ1) is 19.3. The molecule has 3 amide bonds. The molecule has 8 nitrogen and oxygen atoms in total. The van der Waals surface area contributed by atoms with Crippen LogP contribution in [0.4, 0.5) is 14.9 Å². The Labute approximate surface area is 236 Å². The van der Waals surface area contributed by atoms with Gasteiger partial charge in [0.05, 0.1) is 30.2 Å². The van der Waals surface area contributed by atoms with E-state index in [-0.39, 0.29) is 34.7 Å². The van der Waals surface area contributed by atoms with E-state index in [9.17, 15) is 14.0 Å². The van der Waals surface area contributed by atoms with Gasteiger partial charge < -0.3 is 10.2 Å². The fourth-order valence-corrected chi connectivity index (χ4v) is 7.12. The highest BCUT2D eigenvalue weighted by atomic mass is 19.1. The Balaban J connectivity index is 1.21. The van der Waals surface area contributed by atoms with Crippen molar-refractivity contribution in [3.63, 3.8) is 0 Å². The Morgan fingerprint density at radius 3 is 2.30 bits per heavy atom. The number of nitrogens with one attached hydrogen (secondary N) is 1. The number of amides is 3. The maximum Gasteiger partial charge on any atom is 0.325 e. The Morgan fingerprint density at radius 1 is 1.05 bits per heavy atom. The summed E-state index contributed by atoms with van der Waals surface area (Å²) in [6.07, 6.45) is 13.7. The zero-order valence-electron chi connectivity index (χ0n) is 23.7. The first-order valence-corrected chi connectivity index (χ1v) is 14.9. The van der Waals surface area contributed by atoms with Gasteiger partial charge in [-0.1, -0.05) is 25.0 Å². The first-order valence-electron chi connectivity index (χ1n) is 14.9. The maximum absolute atomic E-state index is 14.3. The summed E-state index contributed by atoms with van der Waals surface area (Å²) in [5, 5.41) is 2.94. The van der Waals surface area contributed by atoms with Crippen molar-refractivity contribution in [2.75, 3.05) is 38.6 Å². The molecule has 6 rings (SSSR count). The lowest BCUT2D eigenvalue weighted by Crippen LogP contribution is -2.56. The first kappa shape index (κ1) is 27.1. The Morgan fingerprint density at radius 2 is 1.73 bits per heavy atom. The summed E-state index contributed by atoms with van der Waals surface area (Å²) in [6.45, 7) is 2.01. The van der Waals surface area contributed by atoms with Crippen molar-refractivity contribution >= 4 is 17.6 Å². The van der Waals surface area contributed by atoms with Crippen molar-refractivity contribution in [2.45, 2.75) is 75.3 Å². The third-order valence-electron chi connectivity index (χ3n) is 10.3. The van der Waals surface area contributed by atoms with Crippen LogP contribution in [-0.2, 0) is 5.54 Å². The highest BCUT2D eigenvalue weighted by Crippen LogP contribution is 2.50. The molecule has 3 aliphatic carbocycles. The van der Waals surface area contributed by atoms with Crippen LogP contribution >= 0.6 is 0 Å². The molecule has 0 radical (unpaired) electrons. The zero-order valence-corrected chi connectivity index (χ0v) is 23.7. The van der Waals surface area contributed by atoms with Gasteiger partial charge in [0.1, 0.15) is 5.82 Å². The highest BCUT2D eigenvalue weighted by Gasteiger charge is 2.55. The molecule has 0 unspecified atom stereocenters. The molecule has 1 saturated heterocycles. The van der Waals surface area contributed by atoms with Gasteiger partial charge in [-0.3, -0.25) is 14.6 Å². The summed E-state index contributed by atoms with van der Waals surface area (Å²) in [6, 6.07) is 6.98. The maximum atomic E-state index is 14.3. The van der Waals surface area contributed by atoms with Crippen LogP contribution in [0.15, 0.2) is 36.7 Å². The fourth-order valence-electron chi connectivity index (χ4n) is 7.12. The SMILES string of the molecule is CN(C)[C@]1(c2cccc(F)c2)CC[C@]2(CC1)CN(c1cnc(C(=O)NCC3CCC3)nc1)C(=O)N2CC1CCC1. The lowest BCUT2D eigenvalue weighted by molar-refractivity contribution is 0.0171. The topological polar surface area (TPSA) is 81.7 Å². The molecule has 2 heterocycles. The monoisotopic (exact) mass is 548 g/mol. The van der Waals surface area contributed by atoms with Gasteiger partial charge in [0, 0.05) is 18.6 Å². The van der Waals surface area contributed by atoms with Gasteiger partial charge in [-0.05, 0) is 95.0 Å². The number of hydrogen-bond acceptors (Lipinski definition) is 5. The number of aromatic nitrogens is 2. The van der Waals surface area contributed by atoms with Gasteiger partial charge >= 0.3 is 6.03 Å². The van der Waals surface area contributed by atoms with E-state index in [1.165, 1.54) is 31.7 Å². The second-order valence-corrected chi connectivity index (χ2v) is 12.7. The van der Waals surface area contributed by atoms with Crippen molar-refractivity contribution in [3.8, 4) is 0 Å². The number of benzene rings is 1. The third-order valence-corrected chi connectivity index (χ3v) is 10.3. The van der Waals surface area contributed by atoms with Crippen molar-refractivity contribution in [1.82, 2.24) is 25.1 Å².